The SMILES string of the molecule is CC(C)N1CC(C(=O)Nc2ccc(Br)cc2)C(c2ccc(C=CC(=O)Nc3ccccc3N)cc2)C1. The van der Waals surface area contributed by atoms with Crippen LogP contribution < -0.4 is 16.4 Å². The lowest BCUT2D eigenvalue weighted by molar-refractivity contribution is -0.120. The monoisotopic (exact) mass is 546 g/mol. The van der Waals surface area contributed by atoms with E-state index in [0.29, 0.717) is 17.4 Å². The van der Waals surface area contributed by atoms with Gasteiger partial charge in [0.25, 0.3) is 0 Å². The van der Waals surface area contributed by atoms with Gasteiger partial charge >= 0.3 is 0 Å². The minimum atomic E-state index is -0.245. The molecule has 3 aromatic carbocycles. The van der Waals surface area contributed by atoms with Gasteiger partial charge in [-0.1, -0.05) is 52.3 Å². The van der Waals surface area contributed by atoms with Crippen LogP contribution in [0.2, 0.25) is 0 Å². The van der Waals surface area contributed by atoms with Crippen molar-refractivity contribution in [3.8, 4) is 0 Å². The van der Waals surface area contributed by atoms with E-state index in [-0.39, 0.29) is 23.7 Å². The fraction of sp³-hybridized carbons (Fsp3) is 0.241. The van der Waals surface area contributed by atoms with Gasteiger partial charge in [0.05, 0.1) is 17.3 Å². The molecule has 2 atom stereocenters. The number of amides is 2. The Morgan fingerprint density at radius 1 is 0.972 bits per heavy atom. The zero-order valence-corrected chi connectivity index (χ0v) is 22.0. The molecule has 4 rings (SSSR count). The molecule has 7 heteroatoms. The van der Waals surface area contributed by atoms with Crippen LogP contribution in [0.5, 0.6) is 0 Å². The third-order valence-corrected chi connectivity index (χ3v) is 7.07. The van der Waals surface area contributed by atoms with E-state index < -0.39 is 0 Å². The molecule has 6 nitrogen and oxygen atoms in total. The number of carbonyl (C=O) groups excluding carboxylic acids is 2. The summed E-state index contributed by atoms with van der Waals surface area (Å²) in [5.41, 5.74) is 9.82. The zero-order chi connectivity index (χ0) is 25.7. The Bertz CT molecular complexity index is 1240. The molecule has 2 amide bonds. The number of anilines is 3. The maximum absolute atomic E-state index is 13.3. The molecule has 3 aromatic rings. The third-order valence-electron chi connectivity index (χ3n) is 6.54. The van der Waals surface area contributed by atoms with Crippen molar-refractivity contribution in [2.45, 2.75) is 25.8 Å². The molecule has 0 radical (unpaired) electrons. The summed E-state index contributed by atoms with van der Waals surface area (Å²) in [5.74, 6) is -0.277. The first kappa shape index (κ1) is 25.7. The molecule has 0 bridgehead atoms. The number of nitrogens with zero attached hydrogens (tertiary/aromatic N) is 1. The van der Waals surface area contributed by atoms with E-state index in [1.807, 2.05) is 48.5 Å². The number of hydrogen-bond acceptors (Lipinski definition) is 4. The average molecular weight is 547 g/mol. The fourth-order valence-electron chi connectivity index (χ4n) is 4.44. The lowest BCUT2D eigenvalue weighted by Crippen LogP contribution is -2.31. The molecule has 186 valence electrons. The van der Waals surface area contributed by atoms with Crippen molar-refractivity contribution in [2.24, 2.45) is 5.92 Å². The maximum atomic E-state index is 13.3. The largest absolute Gasteiger partial charge is 0.397 e. The number of likely N-dealkylation sites (tertiary alicyclic amines) is 1. The van der Waals surface area contributed by atoms with Crippen LogP contribution in [0.25, 0.3) is 6.08 Å². The van der Waals surface area contributed by atoms with E-state index in [4.69, 9.17) is 5.73 Å². The van der Waals surface area contributed by atoms with Crippen LogP contribution in [0.15, 0.2) is 83.3 Å². The van der Waals surface area contributed by atoms with Crippen molar-refractivity contribution < 1.29 is 9.59 Å². The molecule has 36 heavy (non-hydrogen) atoms. The molecule has 0 saturated carbocycles. The quantitative estimate of drug-likeness (QED) is 0.260. The van der Waals surface area contributed by atoms with E-state index in [2.05, 4.69) is 57.4 Å². The Kier molecular flexibility index (Phi) is 8.23. The van der Waals surface area contributed by atoms with Crippen LogP contribution in [0.3, 0.4) is 0 Å². The molecular weight excluding hydrogens is 516 g/mol. The number of para-hydroxylation sites is 2. The molecule has 0 spiro atoms. The molecular formula is C29H31BrN4O2. The number of nitrogen functional groups attached to an aromatic ring is 1. The summed E-state index contributed by atoms with van der Waals surface area (Å²) in [5, 5.41) is 5.88. The van der Waals surface area contributed by atoms with Gasteiger partial charge in [0.1, 0.15) is 0 Å². The first-order valence-electron chi connectivity index (χ1n) is 12.0. The van der Waals surface area contributed by atoms with Crippen LogP contribution in [0.1, 0.15) is 30.9 Å². The average Bonchev–Trinajstić information content (AvgIpc) is 3.32. The minimum Gasteiger partial charge on any atom is -0.397 e. The predicted octanol–water partition coefficient (Wildman–Crippen LogP) is 5.75. The number of halogens is 1. The van der Waals surface area contributed by atoms with Gasteiger partial charge in [0.15, 0.2) is 0 Å². The molecule has 0 aromatic heterocycles. The van der Waals surface area contributed by atoms with Gasteiger partial charge in [-0.2, -0.15) is 0 Å². The van der Waals surface area contributed by atoms with Crippen LogP contribution >= 0.6 is 15.9 Å². The van der Waals surface area contributed by atoms with Crippen LogP contribution in [-0.4, -0.2) is 35.8 Å². The summed E-state index contributed by atoms with van der Waals surface area (Å²) in [6, 6.07) is 23.2. The lowest BCUT2D eigenvalue weighted by Gasteiger charge is -2.20. The van der Waals surface area contributed by atoms with Gasteiger partial charge in [-0.05, 0) is 67.4 Å². The molecule has 4 N–H and O–H groups in total. The predicted molar refractivity (Wildman–Crippen MR) is 151 cm³/mol. The Labute approximate surface area is 220 Å². The highest BCUT2D eigenvalue weighted by molar-refractivity contribution is 9.10. The Balaban J connectivity index is 1.44. The second-order valence-electron chi connectivity index (χ2n) is 9.33. The highest BCUT2D eigenvalue weighted by Crippen LogP contribution is 2.35. The molecule has 2 unspecified atom stereocenters. The number of hydrogen-bond donors (Lipinski definition) is 3. The maximum Gasteiger partial charge on any atom is 0.248 e. The second kappa shape index (κ2) is 11.5. The van der Waals surface area contributed by atoms with E-state index in [1.165, 1.54) is 6.08 Å². The highest BCUT2D eigenvalue weighted by Gasteiger charge is 2.39. The Morgan fingerprint density at radius 3 is 2.33 bits per heavy atom. The molecule has 1 aliphatic heterocycles. The van der Waals surface area contributed by atoms with Gasteiger partial charge in [-0.3, -0.25) is 14.5 Å². The first-order valence-corrected chi connectivity index (χ1v) is 12.8. The number of rotatable bonds is 7. The van der Waals surface area contributed by atoms with Crippen molar-refractivity contribution in [1.29, 1.82) is 0 Å². The van der Waals surface area contributed by atoms with E-state index >= 15 is 0 Å². The molecule has 1 fully saturated rings. The lowest BCUT2D eigenvalue weighted by atomic mass is 9.88. The third kappa shape index (κ3) is 6.42. The minimum absolute atomic E-state index is 0.0336. The van der Waals surface area contributed by atoms with Gasteiger partial charge in [-0.15, -0.1) is 0 Å². The van der Waals surface area contributed by atoms with Gasteiger partial charge < -0.3 is 16.4 Å². The number of nitrogens with one attached hydrogen (secondary N) is 2. The van der Waals surface area contributed by atoms with E-state index in [1.54, 1.807) is 18.2 Å². The number of benzene rings is 3. The first-order chi connectivity index (χ1) is 17.3. The Hall–Kier alpha value is -3.42. The summed E-state index contributed by atoms with van der Waals surface area (Å²) < 4.78 is 0.973. The second-order valence-corrected chi connectivity index (χ2v) is 10.2. The summed E-state index contributed by atoms with van der Waals surface area (Å²) in [4.78, 5) is 27.9. The topological polar surface area (TPSA) is 87.5 Å². The highest BCUT2D eigenvalue weighted by atomic mass is 79.9. The van der Waals surface area contributed by atoms with Gasteiger partial charge in [0, 0.05) is 41.3 Å². The normalized spacial score (nSPS) is 18.0. The zero-order valence-electron chi connectivity index (χ0n) is 20.4. The van der Waals surface area contributed by atoms with Crippen molar-refractivity contribution >= 4 is 50.9 Å². The summed E-state index contributed by atoms with van der Waals surface area (Å²) in [6.45, 7) is 5.86. The summed E-state index contributed by atoms with van der Waals surface area (Å²) in [7, 11) is 0. The number of nitrogens with two attached hydrogens (primary N) is 1. The summed E-state index contributed by atoms with van der Waals surface area (Å²) in [6.07, 6.45) is 3.26. The van der Waals surface area contributed by atoms with Crippen molar-refractivity contribution in [2.75, 3.05) is 29.5 Å². The Morgan fingerprint density at radius 2 is 1.67 bits per heavy atom. The standard InChI is InChI=1S/C29H31BrN4O2/c1-19(2)34-17-24(25(18-34)29(36)32-23-14-12-22(30)13-15-23)21-10-7-20(8-11-21)9-16-28(35)33-27-6-4-3-5-26(27)31/h3-16,19,24-25H,17-18,31H2,1-2H3,(H,32,36)(H,33,35). The smallest absolute Gasteiger partial charge is 0.248 e. The number of carbonyl (C=O) groups is 2. The fourth-order valence-corrected chi connectivity index (χ4v) is 4.70. The van der Waals surface area contributed by atoms with Crippen molar-refractivity contribution in [3.05, 3.63) is 94.5 Å². The van der Waals surface area contributed by atoms with Gasteiger partial charge in [-0.25, -0.2) is 0 Å². The summed E-state index contributed by atoms with van der Waals surface area (Å²) >= 11 is 3.43. The molecule has 1 aliphatic rings. The van der Waals surface area contributed by atoms with Crippen LogP contribution in [-0.2, 0) is 9.59 Å². The van der Waals surface area contributed by atoms with Crippen LogP contribution in [0.4, 0.5) is 17.1 Å². The van der Waals surface area contributed by atoms with Gasteiger partial charge in [0.2, 0.25) is 11.8 Å². The van der Waals surface area contributed by atoms with E-state index in [0.717, 1.165) is 34.4 Å². The van der Waals surface area contributed by atoms with Crippen LogP contribution in [0, 0.1) is 5.92 Å². The van der Waals surface area contributed by atoms with E-state index in [9.17, 15) is 9.59 Å². The van der Waals surface area contributed by atoms with Crippen molar-refractivity contribution in [3.63, 3.8) is 0 Å². The molecule has 1 saturated heterocycles. The molecule has 0 aliphatic carbocycles. The van der Waals surface area contributed by atoms with Crippen molar-refractivity contribution in [1.82, 2.24) is 4.90 Å². The molecule has 1 heterocycles.